The lowest BCUT2D eigenvalue weighted by molar-refractivity contribution is -0.121. The van der Waals surface area contributed by atoms with Gasteiger partial charge in [0.2, 0.25) is 5.91 Å². The maximum atomic E-state index is 13.9. The number of nitrogens with zero attached hydrogens (tertiary/aromatic N) is 2. The number of ether oxygens (including phenoxy) is 2. The van der Waals surface area contributed by atoms with Crippen molar-refractivity contribution in [2.45, 2.75) is 32.9 Å². The maximum Gasteiger partial charge on any atom is 0.222 e. The highest BCUT2D eigenvalue weighted by Gasteiger charge is 2.14. The van der Waals surface area contributed by atoms with Gasteiger partial charge in [0.25, 0.3) is 0 Å². The second-order valence-electron chi connectivity index (χ2n) is 6.89. The second kappa shape index (κ2) is 10.2. The van der Waals surface area contributed by atoms with Crippen molar-refractivity contribution in [3.63, 3.8) is 0 Å². The molecule has 0 saturated carbocycles. The Morgan fingerprint density at radius 1 is 1.29 bits per heavy atom. The lowest BCUT2D eigenvalue weighted by Gasteiger charge is -2.15. The number of benzene rings is 2. The molecule has 1 atom stereocenters. The molecule has 1 heterocycles. The van der Waals surface area contributed by atoms with Crippen LogP contribution in [0.25, 0.3) is 11.4 Å². The van der Waals surface area contributed by atoms with E-state index in [4.69, 9.17) is 21.7 Å². The van der Waals surface area contributed by atoms with Crippen molar-refractivity contribution < 1.29 is 18.7 Å². The first-order chi connectivity index (χ1) is 14.9. The Balaban J connectivity index is 1.64. The van der Waals surface area contributed by atoms with E-state index in [0.29, 0.717) is 29.3 Å². The Hall–Kier alpha value is -3.20. The number of rotatable bonds is 9. The van der Waals surface area contributed by atoms with E-state index in [2.05, 4.69) is 15.5 Å². The molecule has 7 nitrogen and oxygen atoms in total. The zero-order valence-electron chi connectivity index (χ0n) is 17.6. The van der Waals surface area contributed by atoms with E-state index in [1.807, 2.05) is 31.2 Å². The van der Waals surface area contributed by atoms with Crippen LogP contribution in [0.4, 0.5) is 4.39 Å². The number of H-pyrrole nitrogens is 1. The molecule has 1 aromatic heterocycles. The molecule has 1 amide bonds. The van der Waals surface area contributed by atoms with Gasteiger partial charge < -0.3 is 14.8 Å². The van der Waals surface area contributed by atoms with Crippen LogP contribution in [0, 0.1) is 10.6 Å². The SMILES string of the molecule is CCOc1ccc(-c2n[nH]c(=S)n2CCC(=O)N[C@H](C)c2ccc(OC)c(F)c2)cc1. The summed E-state index contributed by atoms with van der Waals surface area (Å²) in [6.45, 7) is 4.67. The summed E-state index contributed by atoms with van der Waals surface area (Å²) in [5, 5.41) is 9.96. The standard InChI is InChI=1S/C22H25FN4O3S/c1-4-30-17-8-5-15(6-9-17)21-25-26-22(31)27(21)12-11-20(28)24-14(2)16-7-10-19(29-3)18(23)13-16/h5-10,13-14H,4,11-12H2,1-3H3,(H,24,28)(H,26,31)/t14-/m1/s1. The van der Waals surface area contributed by atoms with Gasteiger partial charge in [-0.25, -0.2) is 4.39 Å². The van der Waals surface area contributed by atoms with E-state index in [0.717, 1.165) is 11.3 Å². The van der Waals surface area contributed by atoms with Crippen LogP contribution in [0.5, 0.6) is 11.5 Å². The van der Waals surface area contributed by atoms with Crippen molar-refractivity contribution in [3.8, 4) is 22.9 Å². The molecular formula is C22H25FN4O3S. The molecule has 0 spiro atoms. The molecule has 9 heteroatoms. The van der Waals surface area contributed by atoms with E-state index in [-0.39, 0.29) is 24.1 Å². The van der Waals surface area contributed by atoms with Crippen LogP contribution in [0.1, 0.15) is 31.9 Å². The molecule has 0 aliphatic rings. The number of nitrogens with one attached hydrogen (secondary N) is 2. The number of methoxy groups -OCH3 is 1. The third-order valence-electron chi connectivity index (χ3n) is 4.80. The molecule has 0 unspecified atom stereocenters. The second-order valence-corrected chi connectivity index (χ2v) is 7.28. The van der Waals surface area contributed by atoms with Crippen LogP contribution in [-0.2, 0) is 11.3 Å². The van der Waals surface area contributed by atoms with Gasteiger partial charge >= 0.3 is 0 Å². The summed E-state index contributed by atoms with van der Waals surface area (Å²) in [5.74, 6) is 0.940. The van der Waals surface area contributed by atoms with Crippen LogP contribution in [0.2, 0.25) is 0 Å². The molecule has 3 aromatic rings. The molecule has 0 bridgehead atoms. The summed E-state index contributed by atoms with van der Waals surface area (Å²) in [6.07, 6.45) is 0.195. The largest absolute Gasteiger partial charge is 0.494 e. The molecule has 0 fully saturated rings. The zero-order chi connectivity index (χ0) is 22.4. The molecule has 0 aliphatic heterocycles. The van der Waals surface area contributed by atoms with Gasteiger partial charge in [0.15, 0.2) is 22.2 Å². The first kappa shape index (κ1) is 22.5. The van der Waals surface area contributed by atoms with Gasteiger partial charge in [-0.2, -0.15) is 5.10 Å². The lowest BCUT2D eigenvalue weighted by Crippen LogP contribution is -2.27. The Morgan fingerprint density at radius 3 is 2.68 bits per heavy atom. The molecule has 0 aliphatic carbocycles. The van der Waals surface area contributed by atoms with E-state index in [1.165, 1.54) is 13.2 Å². The quantitative estimate of drug-likeness (QED) is 0.478. The van der Waals surface area contributed by atoms with Crippen molar-refractivity contribution in [1.29, 1.82) is 0 Å². The smallest absolute Gasteiger partial charge is 0.222 e. The zero-order valence-corrected chi connectivity index (χ0v) is 18.5. The minimum absolute atomic E-state index is 0.165. The Labute approximate surface area is 185 Å². The number of hydrogen-bond acceptors (Lipinski definition) is 5. The number of carbonyl (C=O) groups is 1. The Bertz CT molecular complexity index is 1090. The van der Waals surface area contributed by atoms with Crippen LogP contribution in [-0.4, -0.2) is 34.4 Å². The first-order valence-electron chi connectivity index (χ1n) is 9.94. The summed E-state index contributed by atoms with van der Waals surface area (Å²) in [6, 6.07) is 11.8. The summed E-state index contributed by atoms with van der Waals surface area (Å²) in [5.41, 5.74) is 1.51. The molecular weight excluding hydrogens is 419 g/mol. The van der Waals surface area contributed by atoms with Gasteiger partial charge in [-0.05, 0) is 68.0 Å². The average molecular weight is 445 g/mol. The summed E-state index contributed by atoms with van der Waals surface area (Å²) in [4.78, 5) is 12.5. The minimum atomic E-state index is -0.467. The fourth-order valence-corrected chi connectivity index (χ4v) is 3.40. The monoisotopic (exact) mass is 444 g/mol. The first-order valence-corrected chi connectivity index (χ1v) is 10.3. The summed E-state index contributed by atoms with van der Waals surface area (Å²) in [7, 11) is 1.41. The van der Waals surface area contributed by atoms with Gasteiger partial charge in [0.1, 0.15) is 5.75 Å². The third kappa shape index (κ3) is 5.49. The molecule has 0 radical (unpaired) electrons. The number of halogens is 1. The molecule has 164 valence electrons. The third-order valence-corrected chi connectivity index (χ3v) is 5.11. The Kier molecular flexibility index (Phi) is 7.41. The van der Waals surface area contributed by atoms with Gasteiger partial charge in [-0.1, -0.05) is 6.07 Å². The highest BCUT2D eigenvalue weighted by atomic mass is 32.1. The lowest BCUT2D eigenvalue weighted by atomic mass is 10.1. The van der Waals surface area contributed by atoms with Crippen LogP contribution in [0.3, 0.4) is 0 Å². The van der Waals surface area contributed by atoms with Crippen molar-refractivity contribution >= 4 is 18.1 Å². The maximum absolute atomic E-state index is 13.9. The number of carbonyl (C=O) groups excluding carboxylic acids is 1. The topological polar surface area (TPSA) is 81.2 Å². The molecule has 2 aromatic carbocycles. The summed E-state index contributed by atoms with van der Waals surface area (Å²) < 4.78 is 26.5. The van der Waals surface area contributed by atoms with Crippen LogP contribution < -0.4 is 14.8 Å². The molecule has 31 heavy (non-hydrogen) atoms. The van der Waals surface area contributed by atoms with Gasteiger partial charge in [-0.15, -0.1) is 0 Å². The van der Waals surface area contributed by atoms with E-state index in [1.54, 1.807) is 23.6 Å². The van der Waals surface area contributed by atoms with Crippen molar-refractivity contribution in [3.05, 3.63) is 58.6 Å². The number of aromatic amines is 1. The van der Waals surface area contributed by atoms with E-state index >= 15 is 0 Å². The van der Waals surface area contributed by atoms with Gasteiger partial charge in [0.05, 0.1) is 19.8 Å². The number of hydrogen-bond donors (Lipinski definition) is 2. The molecule has 2 N–H and O–H groups in total. The average Bonchev–Trinajstić information content (AvgIpc) is 3.13. The van der Waals surface area contributed by atoms with Crippen molar-refractivity contribution in [1.82, 2.24) is 20.1 Å². The van der Waals surface area contributed by atoms with Crippen LogP contribution in [0.15, 0.2) is 42.5 Å². The molecule has 0 saturated heterocycles. The summed E-state index contributed by atoms with van der Waals surface area (Å²) >= 11 is 5.33. The van der Waals surface area contributed by atoms with Crippen molar-refractivity contribution in [2.75, 3.05) is 13.7 Å². The van der Waals surface area contributed by atoms with Gasteiger partial charge in [0, 0.05) is 18.5 Å². The van der Waals surface area contributed by atoms with Crippen LogP contribution >= 0.6 is 12.2 Å². The van der Waals surface area contributed by atoms with Gasteiger partial charge in [-0.3, -0.25) is 14.5 Å². The fraction of sp³-hybridized carbons (Fsp3) is 0.318. The number of amides is 1. The normalized spacial score (nSPS) is 11.7. The minimum Gasteiger partial charge on any atom is -0.494 e. The predicted octanol–water partition coefficient (Wildman–Crippen LogP) is 4.42. The van der Waals surface area contributed by atoms with E-state index in [9.17, 15) is 9.18 Å². The highest BCUT2D eigenvalue weighted by molar-refractivity contribution is 7.71. The predicted molar refractivity (Wildman–Crippen MR) is 118 cm³/mol. The number of aromatic nitrogens is 3. The van der Waals surface area contributed by atoms with E-state index < -0.39 is 5.82 Å². The molecule has 3 rings (SSSR count). The van der Waals surface area contributed by atoms with Crippen molar-refractivity contribution in [2.24, 2.45) is 0 Å². The highest BCUT2D eigenvalue weighted by Crippen LogP contribution is 2.23. The fourth-order valence-electron chi connectivity index (χ4n) is 3.17. The Morgan fingerprint density at radius 2 is 2.03 bits per heavy atom.